The molecule has 0 saturated carbocycles. The van der Waals surface area contributed by atoms with Crippen LogP contribution >= 0.6 is 15.9 Å². The minimum absolute atomic E-state index is 0.0551. The first-order valence-electron chi connectivity index (χ1n) is 9.64. The normalized spacial score (nSPS) is 19.9. The molecule has 0 N–H and O–H groups in total. The SMILES string of the molecule is CC(=O)OC(C1=NCC(c2cc(C(F)(F)F)nc(C(F)(F)F)c2)(C(F)(F)F)C1)c1ccccc1Br. The number of halogens is 10. The van der Waals surface area contributed by atoms with Crippen molar-refractivity contribution >= 4 is 27.6 Å². The standard InChI is InChI=1S/C21H14BrF9N2O2/c1-10(34)35-17(12-4-2-3-5-13(12)22)14-8-18(9-32-14,21(29,30)31)11-6-15(19(23,24)25)33-16(7-11)20(26,27)28/h2-7,17H,8-9H2,1H3. The molecule has 35 heavy (non-hydrogen) atoms. The molecule has 0 fully saturated rings. The highest BCUT2D eigenvalue weighted by Crippen LogP contribution is 2.50. The number of benzene rings is 1. The van der Waals surface area contributed by atoms with Gasteiger partial charge in [-0.05, 0) is 23.8 Å². The van der Waals surface area contributed by atoms with Crippen molar-refractivity contribution in [3.63, 3.8) is 0 Å². The first-order chi connectivity index (χ1) is 16.0. The first-order valence-corrected chi connectivity index (χ1v) is 10.4. The van der Waals surface area contributed by atoms with Gasteiger partial charge in [0.25, 0.3) is 0 Å². The van der Waals surface area contributed by atoms with Crippen LogP contribution in [-0.4, -0.2) is 29.4 Å². The maximum atomic E-state index is 14.4. The lowest BCUT2D eigenvalue weighted by Crippen LogP contribution is -2.44. The minimum Gasteiger partial charge on any atom is -0.451 e. The van der Waals surface area contributed by atoms with Gasteiger partial charge in [0.05, 0.1) is 12.3 Å². The molecule has 2 atom stereocenters. The van der Waals surface area contributed by atoms with E-state index >= 15 is 0 Å². The summed E-state index contributed by atoms with van der Waals surface area (Å²) in [5.74, 6) is -0.888. The van der Waals surface area contributed by atoms with Crippen LogP contribution in [0.2, 0.25) is 0 Å². The van der Waals surface area contributed by atoms with Crippen molar-refractivity contribution in [3.05, 3.63) is 63.4 Å². The molecule has 1 aliphatic rings. The number of pyridine rings is 1. The maximum Gasteiger partial charge on any atom is 0.433 e. The van der Waals surface area contributed by atoms with Crippen LogP contribution in [0.25, 0.3) is 0 Å². The Morgan fingerprint density at radius 2 is 1.54 bits per heavy atom. The van der Waals surface area contributed by atoms with Crippen LogP contribution in [0.4, 0.5) is 39.5 Å². The smallest absolute Gasteiger partial charge is 0.433 e. The van der Waals surface area contributed by atoms with E-state index < -0.39 is 65.9 Å². The molecule has 2 aromatic rings. The van der Waals surface area contributed by atoms with Gasteiger partial charge in [0, 0.05) is 23.4 Å². The first kappa shape index (κ1) is 27.0. The van der Waals surface area contributed by atoms with E-state index in [4.69, 9.17) is 4.74 Å². The van der Waals surface area contributed by atoms with Crippen LogP contribution in [0.3, 0.4) is 0 Å². The fraction of sp³-hybridized carbons (Fsp3) is 0.381. The van der Waals surface area contributed by atoms with Gasteiger partial charge in [-0.3, -0.25) is 9.79 Å². The second-order valence-corrected chi connectivity index (χ2v) is 8.55. The van der Waals surface area contributed by atoms with Gasteiger partial charge in [-0.15, -0.1) is 0 Å². The molecule has 0 bridgehead atoms. The number of nitrogens with zero attached hydrogens (tertiary/aromatic N) is 2. The van der Waals surface area contributed by atoms with E-state index in [1.54, 1.807) is 6.07 Å². The Kier molecular flexibility index (Phi) is 7.01. The van der Waals surface area contributed by atoms with Crippen LogP contribution in [0.15, 0.2) is 45.9 Å². The van der Waals surface area contributed by atoms with E-state index in [2.05, 4.69) is 25.9 Å². The topological polar surface area (TPSA) is 51.5 Å². The molecule has 3 rings (SSSR count). The van der Waals surface area contributed by atoms with E-state index in [-0.39, 0.29) is 23.4 Å². The predicted molar refractivity (Wildman–Crippen MR) is 108 cm³/mol. The number of hydrogen-bond acceptors (Lipinski definition) is 4. The molecule has 0 spiro atoms. The molecular weight excluding hydrogens is 563 g/mol. The van der Waals surface area contributed by atoms with Crippen molar-refractivity contribution < 1.29 is 49.0 Å². The van der Waals surface area contributed by atoms with Crippen molar-refractivity contribution in [2.75, 3.05) is 6.54 Å². The third-order valence-corrected chi connectivity index (χ3v) is 6.03. The average molecular weight is 577 g/mol. The lowest BCUT2D eigenvalue weighted by Gasteiger charge is -2.33. The number of aliphatic imine (C=N–C) groups is 1. The number of carbonyl (C=O) groups excluding carboxylic acids is 1. The van der Waals surface area contributed by atoms with Crippen LogP contribution in [0.5, 0.6) is 0 Å². The molecule has 1 aliphatic heterocycles. The molecule has 14 heteroatoms. The lowest BCUT2D eigenvalue weighted by molar-refractivity contribution is -0.185. The van der Waals surface area contributed by atoms with E-state index in [0.29, 0.717) is 4.47 Å². The second kappa shape index (κ2) is 9.10. The Hall–Kier alpha value is -2.64. The van der Waals surface area contributed by atoms with E-state index in [9.17, 15) is 44.3 Å². The number of carbonyl (C=O) groups is 1. The highest BCUT2D eigenvalue weighted by molar-refractivity contribution is 9.10. The highest BCUT2D eigenvalue weighted by atomic mass is 79.9. The summed E-state index contributed by atoms with van der Waals surface area (Å²) in [6, 6.07) is 5.89. The van der Waals surface area contributed by atoms with Gasteiger partial charge in [-0.25, -0.2) is 4.98 Å². The largest absolute Gasteiger partial charge is 0.451 e. The lowest BCUT2D eigenvalue weighted by atomic mass is 9.76. The van der Waals surface area contributed by atoms with Crippen LogP contribution in [0.1, 0.15) is 42.0 Å². The zero-order valence-corrected chi connectivity index (χ0v) is 19.0. The zero-order chi connectivity index (χ0) is 26.4. The van der Waals surface area contributed by atoms with Crippen molar-refractivity contribution in [1.82, 2.24) is 4.98 Å². The summed E-state index contributed by atoms with van der Waals surface area (Å²) in [4.78, 5) is 17.9. The third kappa shape index (κ3) is 5.46. The average Bonchev–Trinajstić information content (AvgIpc) is 3.17. The second-order valence-electron chi connectivity index (χ2n) is 7.70. The van der Waals surface area contributed by atoms with Crippen molar-refractivity contribution in [2.24, 2.45) is 4.99 Å². The van der Waals surface area contributed by atoms with Gasteiger partial charge in [0.15, 0.2) is 6.10 Å². The Bertz CT molecular complexity index is 1130. The van der Waals surface area contributed by atoms with Crippen LogP contribution < -0.4 is 0 Å². The number of esters is 1. The molecule has 1 aromatic heterocycles. The summed E-state index contributed by atoms with van der Waals surface area (Å²) in [5.41, 5.74) is -8.97. The highest BCUT2D eigenvalue weighted by Gasteiger charge is 2.60. The Morgan fingerprint density at radius 3 is 2.00 bits per heavy atom. The minimum atomic E-state index is -5.44. The molecule has 4 nitrogen and oxygen atoms in total. The number of rotatable bonds is 4. The van der Waals surface area contributed by atoms with Gasteiger partial charge in [0.2, 0.25) is 0 Å². The van der Waals surface area contributed by atoms with Crippen molar-refractivity contribution in [2.45, 2.75) is 43.4 Å². The summed E-state index contributed by atoms with van der Waals surface area (Å²) >= 11 is 3.18. The van der Waals surface area contributed by atoms with E-state index in [1.807, 2.05) is 0 Å². The molecule has 0 saturated heterocycles. The number of hydrogen-bond donors (Lipinski definition) is 0. The molecule has 190 valence electrons. The zero-order valence-electron chi connectivity index (χ0n) is 17.4. The Balaban J connectivity index is 2.17. The van der Waals surface area contributed by atoms with Gasteiger partial charge < -0.3 is 4.74 Å². The summed E-state index contributed by atoms with van der Waals surface area (Å²) in [6.07, 6.45) is -18.8. The van der Waals surface area contributed by atoms with Crippen molar-refractivity contribution in [1.29, 1.82) is 0 Å². The Morgan fingerprint density at radius 1 is 1.00 bits per heavy atom. The van der Waals surface area contributed by atoms with Crippen molar-refractivity contribution in [3.8, 4) is 0 Å². The molecule has 2 unspecified atom stereocenters. The maximum absolute atomic E-state index is 14.4. The van der Waals surface area contributed by atoms with Gasteiger partial charge in [0.1, 0.15) is 16.8 Å². The van der Waals surface area contributed by atoms with Gasteiger partial charge in [-0.1, -0.05) is 34.1 Å². The van der Waals surface area contributed by atoms with Crippen LogP contribution in [0, 0.1) is 0 Å². The van der Waals surface area contributed by atoms with Crippen LogP contribution in [-0.2, 0) is 27.3 Å². The Labute approximate surface area is 200 Å². The molecular formula is C21H14BrF9N2O2. The van der Waals surface area contributed by atoms with E-state index in [0.717, 1.165) is 6.92 Å². The molecule has 0 aliphatic carbocycles. The van der Waals surface area contributed by atoms with E-state index in [1.165, 1.54) is 18.2 Å². The number of aromatic nitrogens is 1. The third-order valence-electron chi connectivity index (χ3n) is 5.31. The fourth-order valence-corrected chi connectivity index (χ4v) is 4.13. The molecule has 0 radical (unpaired) electrons. The predicted octanol–water partition coefficient (Wildman–Crippen LogP) is 6.83. The van der Waals surface area contributed by atoms with Gasteiger partial charge >= 0.3 is 24.5 Å². The number of alkyl halides is 9. The molecule has 0 amide bonds. The molecule has 1 aromatic carbocycles. The van der Waals surface area contributed by atoms with Gasteiger partial charge in [-0.2, -0.15) is 39.5 Å². The quantitative estimate of drug-likeness (QED) is 0.296. The summed E-state index contributed by atoms with van der Waals surface area (Å²) in [5, 5.41) is 0. The summed E-state index contributed by atoms with van der Waals surface area (Å²) < 4.78 is 128. The molecule has 2 heterocycles. The number of ether oxygens (including phenoxy) is 1. The summed E-state index contributed by atoms with van der Waals surface area (Å²) in [6.45, 7) is -0.225. The fourth-order valence-electron chi connectivity index (χ4n) is 3.64. The summed E-state index contributed by atoms with van der Waals surface area (Å²) in [7, 11) is 0. The monoisotopic (exact) mass is 576 g/mol.